The summed E-state index contributed by atoms with van der Waals surface area (Å²) in [5.41, 5.74) is 2.67. The largest absolute Gasteiger partial charge is 0.493 e. The van der Waals surface area contributed by atoms with Crippen molar-refractivity contribution in [3.8, 4) is 5.75 Å². The fourth-order valence-corrected chi connectivity index (χ4v) is 2.89. The fourth-order valence-electron chi connectivity index (χ4n) is 2.89. The molecule has 0 saturated heterocycles. The Kier molecular flexibility index (Phi) is 4.74. The number of carbonyl (C=O) groups is 1. The zero-order valence-electron chi connectivity index (χ0n) is 14.5. The van der Waals surface area contributed by atoms with Crippen LogP contribution < -0.4 is 10.1 Å². The summed E-state index contributed by atoms with van der Waals surface area (Å²) in [4.78, 5) is 14.6. The molecule has 2 aromatic carbocycles. The standard InChI is InChI=1S/C20H24N2O2/c1-4-22-19(21-18-8-6-5-7-17(18)20(22)23)15-9-11-16(12-10-15)24-13-14(2)3/h5-12,14,19,21H,4,13H2,1-3H3. The van der Waals surface area contributed by atoms with E-state index in [9.17, 15) is 4.79 Å². The predicted molar refractivity (Wildman–Crippen MR) is 96.3 cm³/mol. The van der Waals surface area contributed by atoms with Crippen molar-refractivity contribution in [2.75, 3.05) is 18.5 Å². The number of fused-ring (bicyclic) bond motifs is 1. The highest BCUT2D eigenvalue weighted by Crippen LogP contribution is 2.33. The molecule has 1 heterocycles. The van der Waals surface area contributed by atoms with Gasteiger partial charge in [0.1, 0.15) is 11.9 Å². The quantitative estimate of drug-likeness (QED) is 0.891. The summed E-state index contributed by atoms with van der Waals surface area (Å²) in [6.45, 7) is 7.61. The number of para-hydroxylation sites is 1. The Labute approximate surface area is 143 Å². The number of rotatable bonds is 5. The molecule has 0 bridgehead atoms. The molecule has 2 aromatic rings. The maximum absolute atomic E-state index is 12.7. The average molecular weight is 324 g/mol. The number of hydrogen-bond acceptors (Lipinski definition) is 3. The summed E-state index contributed by atoms with van der Waals surface area (Å²) in [5.74, 6) is 1.42. The van der Waals surface area contributed by atoms with Crippen molar-refractivity contribution in [2.45, 2.75) is 26.9 Å². The predicted octanol–water partition coefficient (Wildman–Crippen LogP) is 4.31. The molecule has 4 heteroatoms. The maximum Gasteiger partial charge on any atom is 0.257 e. The van der Waals surface area contributed by atoms with Crippen LogP contribution >= 0.6 is 0 Å². The maximum atomic E-state index is 12.7. The summed E-state index contributed by atoms with van der Waals surface area (Å²) in [5, 5.41) is 3.48. The molecule has 1 aliphatic heterocycles. The molecule has 126 valence electrons. The van der Waals surface area contributed by atoms with Crippen molar-refractivity contribution in [1.29, 1.82) is 0 Å². The Morgan fingerprint density at radius 3 is 2.50 bits per heavy atom. The molecule has 1 unspecified atom stereocenters. The molecule has 4 nitrogen and oxygen atoms in total. The van der Waals surface area contributed by atoms with Gasteiger partial charge in [-0.1, -0.05) is 38.1 Å². The van der Waals surface area contributed by atoms with Crippen LogP contribution in [-0.4, -0.2) is 24.0 Å². The van der Waals surface area contributed by atoms with Crippen LogP contribution in [0.25, 0.3) is 0 Å². The highest BCUT2D eigenvalue weighted by atomic mass is 16.5. The van der Waals surface area contributed by atoms with Crippen LogP contribution in [0.15, 0.2) is 48.5 Å². The van der Waals surface area contributed by atoms with E-state index in [1.807, 2.05) is 60.4 Å². The summed E-state index contributed by atoms with van der Waals surface area (Å²) in [6, 6.07) is 15.7. The van der Waals surface area contributed by atoms with E-state index in [4.69, 9.17) is 4.74 Å². The topological polar surface area (TPSA) is 41.6 Å². The zero-order chi connectivity index (χ0) is 17.1. The van der Waals surface area contributed by atoms with Crippen LogP contribution in [0.2, 0.25) is 0 Å². The van der Waals surface area contributed by atoms with E-state index in [0.717, 1.165) is 22.6 Å². The van der Waals surface area contributed by atoms with E-state index in [0.29, 0.717) is 19.1 Å². The summed E-state index contributed by atoms with van der Waals surface area (Å²) in [7, 11) is 0. The Hall–Kier alpha value is -2.49. The van der Waals surface area contributed by atoms with Gasteiger partial charge in [0.2, 0.25) is 0 Å². The van der Waals surface area contributed by atoms with Crippen LogP contribution in [0.3, 0.4) is 0 Å². The lowest BCUT2D eigenvalue weighted by atomic mass is 10.0. The van der Waals surface area contributed by atoms with Crippen LogP contribution in [0.5, 0.6) is 5.75 Å². The zero-order valence-corrected chi connectivity index (χ0v) is 14.5. The molecule has 0 fully saturated rings. The first-order valence-electron chi connectivity index (χ1n) is 8.49. The first-order valence-corrected chi connectivity index (χ1v) is 8.49. The van der Waals surface area contributed by atoms with Crippen molar-refractivity contribution in [2.24, 2.45) is 5.92 Å². The SMILES string of the molecule is CCN1C(=O)c2ccccc2NC1c1ccc(OCC(C)C)cc1. The lowest BCUT2D eigenvalue weighted by Gasteiger charge is -2.37. The molecule has 0 radical (unpaired) electrons. The van der Waals surface area contributed by atoms with Crippen LogP contribution in [-0.2, 0) is 0 Å². The molecule has 1 N–H and O–H groups in total. The Morgan fingerprint density at radius 1 is 1.12 bits per heavy atom. The second-order valence-corrected chi connectivity index (χ2v) is 6.46. The monoisotopic (exact) mass is 324 g/mol. The van der Waals surface area contributed by atoms with Gasteiger partial charge in [-0.05, 0) is 42.7 Å². The third-order valence-corrected chi connectivity index (χ3v) is 4.14. The van der Waals surface area contributed by atoms with Gasteiger partial charge in [-0.25, -0.2) is 0 Å². The molecule has 3 rings (SSSR count). The van der Waals surface area contributed by atoms with Gasteiger partial charge < -0.3 is 15.0 Å². The molecule has 24 heavy (non-hydrogen) atoms. The van der Waals surface area contributed by atoms with Gasteiger partial charge in [0.25, 0.3) is 5.91 Å². The number of nitrogens with zero attached hydrogens (tertiary/aromatic N) is 1. The third-order valence-electron chi connectivity index (χ3n) is 4.14. The Balaban J connectivity index is 1.84. The number of anilines is 1. The van der Waals surface area contributed by atoms with Gasteiger partial charge in [-0.2, -0.15) is 0 Å². The number of nitrogens with one attached hydrogen (secondary N) is 1. The van der Waals surface area contributed by atoms with Gasteiger partial charge in [-0.15, -0.1) is 0 Å². The lowest BCUT2D eigenvalue weighted by molar-refractivity contribution is 0.0695. The molecule has 1 atom stereocenters. The first kappa shape index (κ1) is 16.4. The van der Waals surface area contributed by atoms with E-state index < -0.39 is 0 Å². The minimum absolute atomic E-state index is 0.0667. The minimum Gasteiger partial charge on any atom is -0.493 e. The number of hydrogen-bond donors (Lipinski definition) is 1. The smallest absolute Gasteiger partial charge is 0.257 e. The normalized spacial score (nSPS) is 16.8. The second-order valence-electron chi connectivity index (χ2n) is 6.46. The Bertz CT molecular complexity index is 710. The van der Waals surface area contributed by atoms with Gasteiger partial charge in [-0.3, -0.25) is 4.79 Å². The average Bonchev–Trinajstić information content (AvgIpc) is 2.60. The van der Waals surface area contributed by atoms with E-state index in [1.165, 1.54) is 0 Å². The van der Waals surface area contributed by atoms with Gasteiger partial charge in [0.15, 0.2) is 0 Å². The lowest BCUT2D eigenvalue weighted by Crippen LogP contribution is -2.42. The number of carbonyl (C=O) groups excluding carboxylic acids is 1. The summed E-state index contributed by atoms with van der Waals surface area (Å²) >= 11 is 0. The molecule has 0 spiro atoms. The van der Waals surface area contributed by atoms with Crippen molar-refractivity contribution in [3.63, 3.8) is 0 Å². The molecule has 0 saturated carbocycles. The van der Waals surface area contributed by atoms with E-state index in [2.05, 4.69) is 19.2 Å². The molecule has 1 aliphatic rings. The van der Waals surface area contributed by atoms with Crippen molar-refractivity contribution < 1.29 is 9.53 Å². The van der Waals surface area contributed by atoms with Crippen molar-refractivity contribution in [1.82, 2.24) is 4.90 Å². The van der Waals surface area contributed by atoms with Crippen molar-refractivity contribution >= 4 is 11.6 Å². The summed E-state index contributed by atoms with van der Waals surface area (Å²) in [6.07, 6.45) is -0.156. The minimum atomic E-state index is -0.156. The number of amides is 1. The third kappa shape index (κ3) is 3.23. The highest BCUT2D eigenvalue weighted by molar-refractivity contribution is 6.01. The molecule has 0 aliphatic carbocycles. The molecular weight excluding hydrogens is 300 g/mol. The first-order chi connectivity index (χ1) is 11.6. The van der Waals surface area contributed by atoms with Crippen LogP contribution in [0.4, 0.5) is 5.69 Å². The highest BCUT2D eigenvalue weighted by Gasteiger charge is 2.31. The van der Waals surface area contributed by atoms with Crippen LogP contribution in [0.1, 0.15) is 42.9 Å². The summed E-state index contributed by atoms with van der Waals surface area (Å²) < 4.78 is 5.74. The van der Waals surface area contributed by atoms with Crippen LogP contribution in [0, 0.1) is 5.92 Å². The van der Waals surface area contributed by atoms with E-state index in [-0.39, 0.29) is 12.1 Å². The van der Waals surface area contributed by atoms with Crippen molar-refractivity contribution in [3.05, 3.63) is 59.7 Å². The van der Waals surface area contributed by atoms with E-state index >= 15 is 0 Å². The van der Waals surface area contributed by atoms with Gasteiger partial charge in [0, 0.05) is 12.2 Å². The Morgan fingerprint density at radius 2 is 1.83 bits per heavy atom. The fraction of sp³-hybridized carbons (Fsp3) is 0.350. The molecule has 0 aromatic heterocycles. The number of ether oxygens (including phenoxy) is 1. The van der Waals surface area contributed by atoms with Gasteiger partial charge >= 0.3 is 0 Å². The van der Waals surface area contributed by atoms with E-state index in [1.54, 1.807) is 0 Å². The molecule has 1 amide bonds. The number of benzene rings is 2. The molecular formula is C20H24N2O2. The second kappa shape index (κ2) is 6.95. The van der Waals surface area contributed by atoms with Gasteiger partial charge in [0.05, 0.1) is 12.2 Å².